The van der Waals surface area contributed by atoms with Gasteiger partial charge in [0, 0.05) is 22.7 Å². The minimum absolute atomic E-state index is 0.125. The van der Waals surface area contributed by atoms with Crippen molar-refractivity contribution in [3.05, 3.63) is 28.2 Å². The molecule has 0 aliphatic carbocycles. The molecule has 0 heterocycles. The predicted molar refractivity (Wildman–Crippen MR) is 54.5 cm³/mol. The fourth-order valence-electron chi connectivity index (χ4n) is 0.929. The van der Waals surface area contributed by atoms with Crippen LogP contribution in [-0.2, 0) is 0 Å². The van der Waals surface area contributed by atoms with E-state index in [1.165, 1.54) is 0 Å². The summed E-state index contributed by atoms with van der Waals surface area (Å²) in [7, 11) is 0. The van der Waals surface area contributed by atoms with E-state index in [0.29, 0.717) is 12.2 Å². The third-order valence-corrected chi connectivity index (χ3v) is 2.42. The molecule has 66 valence electrons. The molecule has 1 aromatic rings. The Bertz CT molecular complexity index is 275. The fourth-order valence-corrected chi connectivity index (χ4v) is 1.18. The first kappa shape index (κ1) is 9.51. The SMILES string of the molecule is NCC(N)c1ccc(Br)c(N)c1. The van der Waals surface area contributed by atoms with E-state index in [1.54, 1.807) is 0 Å². The molecule has 0 spiro atoms. The number of nitrogen functional groups attached to an aromatic ring is 1. The van der Waals surface area contributed by atoms with Gasteiger partial charge in [-0.25, -0.2) is 0 Å². The van der Waals surface area contributed by atoms with Crippen molar-refractivity contribution in [1.82, 2.24) is 0 Å². The van der Waals surface area contributed by atoms with Gasteiger partial charge in [0.1, 0.15) is 0 Å². The Labute approximate surface area is 80.0 Å². The Morgan fingerprint density at radius 3 is 2.58 bits per heavy atom. The monoisotopic (exact) mass is 229 g/mol. The van der Waals surface area contributed by atoms with Gasteiger partial charge in [0.15, 0.2) is 0 Å². The Kier molecular flexibility index (Phi) is 3.08. The smallest absolute Gasteiger partial charge is 0.0461 e. The molecule has 1 unspecified atom stereocenters. The van der Waals surface area contributed by atoms with Gasteiger partial charge in [-0.2, -0.15) is 0 Å². The van der Waals surface area contributed by atoms with Crippen LogP contribution in [0.1, 0.15) is 11.6 Å². The normalized spacial score (nSPS) is 12.9. The quantitative estimate of drug-likeness (QED) is 0.663. The predicted octanol–water partition coefficient (Wildman–Crippen LogP) is 0.990. The summed E-state index contributed by atoms with van der Waals surface area (Å²) in [4.78, 5) is 0. The lowest BCUT2D eigenvalue weighted by molar-refractivity contribution is 0.737. The molecule has 0 amide bonds. The van der Waals surface area contributed by atoms with Crippen LogP contribution in [0.4, 0.5) is 5.69 Å². The van der Waals surface area contributed by atoms with Crippen LogP contribution >= 0.6 is 15.9 Å². The second-order valence-electron chi connectivity index (χ2n) is 2.62. The summed E-state index contributed by atoms with van der Waals surface area (Å²) in [5.74, 6) is 0. The first-order chi connectivity index (χ1) is 5.65. The second kappa shape index (κ2) is 3.89. The highest BCUT2D eigenvalue weighted by Crippen LogP contribution is 2.22. The summed E-state index contributed by atoms with van der Waals surface area (Å²) in [6, 6.07) is 5.50. The van der Waals surface area contributed by atoms with E-state index in [9.17, 15) is 0 Å². The van der Waals surface area contributed by atoms with Crippen molar-refractivity contribution in [3.63, 3.8) is 0 Å². The number of hydrogen-bond donors (Lipinski definition) is 3. The van der Waals surface area contributed by atoms with E-state index in [0.717, 1.165) is 10.0 Å². The Morgan fingerprint density at radius 2 is 2.08 bits per heavy atom. The molecule has 1 rings (SSSR count). The van der Waals surface area contributed by atoms with Crippen LogP contribution < -0.4 is 17.2 Å². The van der Waals surface area contributed by atoms with Crippen molar-refractivity contribution in [2.24, 2.45) is 11.5 Å². The zero-order chi connectivity index (χ0) is 9.14. The van der Waals surface area contributed by atoms with Crippen LogP contribution in [-0.4, -0.2) is 6.54 Å². The highest BCUT2D eigenvalue weighted by atomic mass is 79.9. The molecule has 0 bridgehead atoms. The van der Waals surface area contributed by atoms with Gasteiger partial charge in [-0.05, 0) is 33.6 Å². The molecular formula is C8H12BrN3. The van der Waals surface area contributed by atoms with Crippen molar-refractivity contribution in [2.45, 2.75) is 6.04 Å². The number of halogens is 1. The molecule has 0 saturated heterocycles. The van der Waals surface area contributed by atoms with Gasteiger partial charge in [0.05, 0.1) is 0 Å². The Balaban J connectivity index is 2.96. The lowest BCUT2D eigenvalue weighted by atomic mass is 10.1. The van der Waals surface area contributed by atoms with Crippen LogP contribution in [0.2, 0.25) is 0 Å². The van der Waals surface area contributed by atoms with Gasteiger partial charge >= 0.3 is 0 Å². The van der Waals surface area contributed by atoms with Crippen LogP contribution in [0, 0.1) is 0 Å². The lowest BCUT2D eigenvalue weighted by Gasteiger charge is -2.09. The van der Waals surface area contributed by atoms with Gasteiger partial charge < -0.3 is 17.2 Å². The maximum Gasteiger partial charge on any atom is 0.0461 e. The minimum Gasteiger partial charge on any atom is -0.398 e. The largest absolute Gasteiger partial charge is 0.398 e. The molecule has 0 radical (unpaired) electrons. The molecule has 1 aromatic carbocycles. The summed E-state index contributed by atoms with van der Waals surface area (Å²) in [6.45, 7) is 0.432. The molecule has 4 heteroatoms. The number of rotatable bonds is 2. The molecule has 0 aliphatic rings. The second-order valence-corrected chi connectivity index (χ2v) is 3.48. The lowest BCUT2D eigenvalue weighted by Crippen LogP contribution is -2.20. The highest BCUT2D eigenvalue weighted by molar-refractivity contribution is 9.10. The molecule has 12 heavy (non-hydrogen) atoms. The van der Waals surface area contributed by atoms with E-state index in [-0.39, 0.29) is 6.04 Å². The van der Waals surface area contributed by atoms with Crippen molar-refractivity contribution in [1.29, 1.82) is 0 Å². The van der Waals surface area contributed by atoms with Crippen LogP contribution in [0.25, 0.3) is 0 Å². The molecule has 0 aromatic heterocycles. The van der Waals surface area contributed by atoms with E-state index in [2.05, 4.69) is 15.9 Å². The van der Waals surface area contributed by atoms with Gasteiger partial charge in [-0.3, -0.25) is 0 Å². The zero-order valence-corrected chi connectivity index (χ0v) is 8.21. The average Bonchev–Trinajstić information content (AvgIpc) is 2.08. The van der Waals surface area contributed by atoms with Crippen molar-refractivity contribution in [3.8, 4) is 0 Å². The number of nitrogens with two attached hydrogens (primary N) is 3. The molecule has 3 nitrogen and oxygen atoms in total. The van der Waals surface area contributed by atoms with Crippen molar-refractivity contribution < 1.29 is 0 Å². The Hall–Kier alpha value is -0.580. The summed E-state index contributed by atoms with van der Waals surface area (Å²) in [6.07, 6.45) is 0. The molecule has 1 atom stereocenters. The molecule has 0 aliphatic heterocycles. The maximum absolute atomic E-state index is 5.72. The summed E-state index contributed by atoms with van der Waals surface area (Å²) < 4.78 is 0.885. The third kappa shape index (κ3) is 1.97. The summed E-state index contributed by atoms with van der Waals surface area (Å²) in [5.41, 5.74) is 18.5. The standard InChI is InChI=1S/C8H12BrN3/c9-6-2-1-5(3-7(6)11)8(12)4-10/h1-3,8H,4,10-12H2. The fraction of sp³-hybridized carbons (Fsp3) is 0.250. The molecular weight excluding hydrogens is 218 g/mol. The minimum atomic E-state index is -0.125. The molecule has 0 saturated carbocycles. The van der Waals surface area contributed by atoms with E-state index < -0.39 is 0 Å². The molecule has 6 N–H and O–H groups in total. The van der Waals surface area contributed by atoms with Gasteiger partial charge in [0.25, 0.3) is 0 Å². The van der Waals surface area contributed by atoms with E-state index >= 15 is 0 Å². The first-order valence-electron chi connectivity index (χ1n) is 3.65. The van der Waals surface area contributed by atoms with Crippen LogP contribution in [0.3, 0.4) is 0 Å². The van der Waals surface area contributed by atoms with Crippen LogP contribution in [0.5, 0.6) is 0 Å². The maximum atomic E-state index is 5.72. The van der Waals surface area contributed by atoms with Gasteiger partial charge in [0.2, 0.25) is 0 Å². The van der Waals surface area contributed by atoms with Gasteiger partial charge in [-0.15, -0.1) is 0 Å². The van der Waals surface area contributed by atoms with Crippen LogP contribution in [0.15, 0.2) is 22.7 Å². The van der Waals surface area contributed by atoms with Crippen molar-refractivity contribution >= 4 is 21.6 Å². The topological polar surface area (TPSA) is 78.1 Å². The average molecular weight is 230 g/mol. The summed E-state index contributed by atoms with van der Waals surface area (Å²) in [5, 5.41) is 0. The van der Waals surface area contributed by atoms with Gasteiger partial charge in [-0.1, -0.05) is 6.07 Å². The zero-order valence-electron chi connectivity index (χ0n) is 6.63. The Morgan fingerprint density at radius 1 is 1.42 bits per heavy atom. The number of hydrogen-bond acceptors (Lipinski definition) is 3. The summed E-state index contributed by atoms with van der Waals surface area (Å²) >= 11 is 3.30. The number of benzene rings is 1. The third-order valence-electron chi connectivity index (χ3n) is 1.70. The van der Waals surface area contributed by atoms with E-state index in [4.69, 9.17) is 17.2 Å². The highest BCUT2D eigenvalue weighted by Gasteiger charge is 2.04. The molecule has 0 fully saturated rings. The number of anilines is 1. The first-order valence-corrected chi connectivity index (χ1v) is 4.45. The van der Waals surface area contributed by atoms with E-state index in [1.807, 2.05) is 18.2 Å². The van der Waals surface area contributed by atoms with Crippen molar-refractivity contribution in [2.75, 3.05) is 12.3 Å².